The molecule has 1 heterocycles. The molecule has 2 rings (SSSR count). The number of nitrogens with zero attached hydrogens (tertiary/aromatic N) is 3. The number of likely N-dealkylation sites (N-methyl/N-ethyl adjacent to an activating group) is 1. The second-order valence-corrected chi connectivity index (χ2v) is 5.45. The van der Waals surface area contributed by atoms with E-state index in [4.69, 9.17) is 0 Å². The van der Waals surface area contributed by atoms with Crippen molar-refractivity contribution in [1.82, 2.24) is 20.2 Å². The number of anilines is 1. The van der Waals surface area contributed by atoms with Crippen molar-refractivity contribution in [2.24, 2.45) is 0 Å². The molecule has 2 N–H and O–H groups in total. The van der Waals surface area contributed by atoms with Gasteiger partial charge < -0.3 is 15.5 Å². The van der Waals surface area contributed by atoms with E-state index in [0.717, 1.165) is 25.9 Å². The second kappa shape index (κ2) is 7.19. The van der Waals surface area contributed by atoms with Gasteiger partial charge >= 0.3 is 0 Å². The first-order valence-corrected chi connectivity index (χ1v) is 7.17. The maximum absolute atomic E-state index is 12.1. The van der Waals surface area contributed by atoms with Crippen molar-refractivity contribution in [3.05, 3.63) is 18.0 Å². The second-order valence-electron chi connectivity index (χ2n) is 5.45. The monoisotopic (exact) mass is 277 g/mol. The summed E-state index contributed by atoms with van der Waals surface area (Å²) in [6.45, 7) is 1.64. The van der Waals surface area contributed by atoms with Crippen LogP contribution >= 0.6 is 0 Å². The molecule has 0 aromatic carbocycles. The molecule has 0 atom stereocenters. The highest BCUT2D eigenvalue weighted by Crippen LogP contribution is 2.17. The van der Waals surface area contributed by atoms with Gasteiger partial charge in [-0.2, -0.15) is 0 Å². The first-order valence-electron chi connectivity index (χ1n) is 7.17. The third-order valence-corrected chi connectivity index (χ3v) is 3.42. The minimum absolute atomic E-state index is 0.102. The Hall–Kier alpha value is -1.69. The number of rotatable bonds is 6. The highest BCUT2D eigenvalue weighted by molar-refractivity contribution is 5.92. The maximum Gasteiger partial charge on any atom is 0.270 e. The first-order chi connectivity index (χ1) is 9.65. The van der Waals surface area contributed by atoms with Gasteiger partial charge in [0.1, 0.15) is 5.69 Å². The molecule has 0 bridgehead atoms. The van der Waals surface area contributed by atoms with Crippen LogP contribution in [0.3, 0.4) is 0 Å². The molecule has 1 fully saturated rings. The van der Waals surface area contributed by atoms with E-state index < -0.39 is 0 Å². The molecule has 0 radical (unpaired) electrons. The highest BCUT2D eigenvalue weighted by Gasteiger charge is 2.18. The maximum atomic E-state index is 12.1. The predicted molar refractivity (Wildman–Crippen MR) is 78.8 cm³/mol. The molecule has 20 heavy (non-hydrogen) atoms. The molecule has 0 unspecified atom stereocenters. The molecule has 1 aromatic rings. The summed E-state index contributed by atoms with van der Waals surface area (Å²) in [6.07, 6.45) is 6.17. The Labute approximate surface area is 120 Å². The topological polar surface area (TPSA) is 70.2 Å². The summed E-state index contributed by atoms with van der Waals surface area (Å²) >= 11 is 0. The van der Waals surface area contributed by atoms with E-state index in [2.05, 4.69) is 25.5 Å². The minimum atomic E-state index is -0.102. The van der Waals surface area contributed by atoms with E-state index in [1.165, 1.54) is 12.8 Å². The zero-order valence-corrected chi connectivity index (χ0v) is 12.2. The van der Waals surface area contributed by atoms with Crippen LogP contribution in [0.25, 0.3) is 0 Å². The number of carbonyl (C=O) groups is 1. The first kappa shape index (κ1) is 14.7. The molecule has 6 heteroatoms. The normalized spacial score (nSPS) is 15.6. The van der Waals surface area contributed by atoms with Gasteiger partial charge in [0.2, 0.25) is 5.95 Å². The number of amides is 1. The lowest BCUT2D eigenvalue weighted by Gasteiger charge is -2.12. The molecule has 0 spiro atoms. The number of aromatic nitrogens is 2. The van der Waals surface area contributed by atoms with Crippen molar-refractivity contribution in [2.75, 3.05) is 32.5 Å². The lowest BCUT2D eigenvalue weighted by atomic mass is 10.2. The van der Waals surface area contributed by atoms with E-state index in [-0.39, 0.29) is 5.91 Å². The molecule has 1 saturated carbocycles. The van der Waals surface area contributed by atoms with Crippen molar-refractivity contribution in [1.29, 1.82) is 0 Å². The van der Waals surface area contributed by atoms with Crippen LogP contribution in [0.15, 0.2) is 12.3 Å². The van der Waals surface area contributed by atoms with Crippen molar-refractivity contribution in [3.63, 3.8) is 0 Å². The Balaban J connectivity index is 1.89. The van der Waals surface area contributed by atoms with E-state index >= 15 is 0 Å². The Morgan fingerprint density at radius 1 is 1.40 bits per heavy atom. The van der Waals surface area contributed by atoms with Gasteiger partial charge in [-0.15, -0.1) is 0 Å². The zero-order chi connectivity index (χ0) is 14.4. The fraction of sp³-hybridized carbons (Fsp3) is 0.643. The third kappa shape index (κ3) is 4.45. The van der Waals surface area contributed by atoms with E-state index in [9.17, 15) is 4.79 Å². The van der Waals surface area contributed by atoms with Crippen LogP contribution in [-0.2, 0) is 0 Å². The van der Waals surface area contributed by atoms with Gasteiger partial charge in [-0.05, 0) is 33.0 Å². The van der Waals surface area contributed by atoms with E-state index in [0.29, 0.717) is 17.7 Å². The van der Waals surface area contributed by atoms with Gasteiger partial charge in [0.15, 0.2) is 0 Å². The average Bonchev–Trinajstić information content (AvgIpc) is 2.91. The summed E-state index contributed by atoms with van der Waals surface area (Å²) < 4.78 is 0. The predicted octanol–water partition coefficient (Wildman–Crippen LogP) is 1.12. The van der Waals surface area contributed by atoms with E-state index in [1.807, 2.05) is 14.1 Å². The van der Waals surface area contributed by atoms with Crippen LogP contribution in [0.1, 0.15) is 36.2 Å². The zero-order valence-electron chi connectivity index (χ0n) is 12.2. The Kier molecular flexibility index (Phi) is 5.29. The summed E-state index contributed by atoms with van der Waals surface area (Å²) in [5.41, 5.74) is 0.430. The van der Waals surface area contributed by atoms with Gasteiger partial charge in [0.25, 0.3) is 5.91 Å². The third-order valence-electron chi connectivity index (χ3n) is 3.42. The van der Waals surface area contributed by atoms with Gasteiger partial charge in [-0.1, -0.05) is 12.8 Å². The minimum Gasteiger partial charge on any atom is -0.353 e. The standard InChI is InChI=1S/C14H23N5O/c1-19(2)10-9-16-14-15-8-7-12(18-14)13(20)17-11-5-3-4-6-11/h7-8,11H,3-6,9-10H2,1-2H3,(H,17,20)(H,15,16,18). The molecule has 110 valence electrons. The molecule has 1 aliphatic rings. The van der Waals surface area contributed by atoms with Gasteiger partial charge in [-0.3, -0.25) is 4.79 Å². The van der Waals surface area contributed by atoms with Gasteiger partial charge in [0.05, 0.1) is 0 Å². The fourth-order valence-electron chi connectivity index (χ4n) is 2.29. The molecule has 1 aromatic heterocycles. The molecule has 1 amide bonds. The largest absolute Gasteiger partial charge is 0.353 e. The summed E-state index contributed by atoms with van der Waals surface area (Å²) in [6, 6.07) is 1.96. The van der Waals surface area contributed by atoms with Crippen molar-refractivity contribution >= 4 is 11.9 Å². The quantitative estimate of drug-likeness (QED) is 0.815. The average molecular weight is 277 g/mol. The van der Waals surface area contributed by atoms with Crippen LogP contribution in [0, 0.1) is 0 Å². The van der Waals surface area contributed by atoms with Crippen LogP contribution < -0.4 is 10.6 Å². The smallest absolute Gasteiger partial charge is 0.270 e. The number of hydrogen-bond donors (Lipinski definition) is 2. The fourth-order valence-corrected chi connectivity index (χ4v) is 2.29. The van der Waals surface area contributed by atoms with Crippen LogP contribution in [0.2, 0.25) is 0 Å². The summed E-state index contributed by atoms with van der Waals surface area (Å²) in [5.74, 6) is 0.404. The Bertz CT molecular complexity index is 443. The molecular formula is C14H23N5O. The molecule has 1 aliphatic carbocycles. The number of carbonyl (C=O) groups excluding carboxylic acids is 1. The van der Waals surface area contributed by atoms with Gasteiger partial charge in [0, 0.05) is 25.3 Å². The van der Waals surface area contributed by atoms with E-state index in [1.54, 1.807) is 12.3 Å². The van der Waals surface area contributed by atoms with Crippen molar-refractivity contribution in [3.8, 4) is 0 Å². The summed E-state index contributed by atoms with van der Waals surface area (Å²) in [4.78, 5) is 22.6. The Morgan fingerprint density at radius 2 is 2.15 bits per heavy atom. The number of hydrogen-bond acceptors (Lipinski definition) is 5. The van der Waals surface area contributed by atoms with Crippen LogP contribution in [0.4, 0.5) is 5.95 Å². The Morgan fingerprint density at radius 3 is 2.85 bits per heavy atom. The summed E-state index contributed by atoms with van der Waals surface area (Å²) in [7, 11) is 4.02. The van der Waals surface area contributed by atoms with Crippen LogP contribution in [-0.4, -0.2) is 54.0 Å². The van der Waals surface area contributed by atoms with Crippen molar-refractivity contribution < 1.29 is 4.79 Å². The molecule has 0 aliphatic heterocycles. The summed E-state index contributed by atoms with van der Waals surface area (Å²) in [5, 5.41) is 6.15. The molecular weight excluding hydrogens is 254 g/mol. The SMILES string of the molecule is CN(C)CCNc1nccc(C(=O)NC2CCCC2)n1. The highest BCUT2D eigenvalue weighted by atomic mass is 16.1. The lowest BCUT2D eigenvalue weighted by molar-refractivity contribution is 0.0933. The molecule has 6 nitrogen and oxygen atoms in total. The van der Waals surface area contributed by atoms with Gasteiger partial charge in [-0.25, -0.2) is 9.97 Å². The lowest BCUT2D eigenvalue weighted by Crippen LogP contribution is -2.33. The molecule has 0 saturated heterocycles. The number of nitrogens with one attached hydrogen (secondary N) is 2. The van der Waals surface area contributed by atoms with Crippen LogP contribution in [0.5, 0.6) is 0 Å². The van der Waals surface area contributed by atoms with Crippen molar-refractivity contribution in [2.45, 2.75) is 31.7 Å².